The van der Waals surface area contributed by atoms with E-state index in [0.717, 1.165) is 31.2 Å². The molecule has 7 heteroatoms. The molecule has 176 valence electrons. The minimum atomic E-state index is -0.533. The van der Waals surface area contributed by atoms with E-state index in [-0.39, 0.29) is 35.5 Å². The molecule has 32 heavy (non-hydrogen) atoms. The molecule has 2 aliphatic carbocycles. The highest BCUT2D eigenvalue weighted by molar-refractivity contribution is 5.76. The zero-order valence-electron chi connectivity index (χ0n) is 19.6. The Balaban J connectivity index is 1.62. The fourth-order valence-corrected chi connectivity index (χ4v) is 6.71. The van der Waals surface area contributed by atoms with Crippen molar-refractivity contribution in [3.63, 3.8) is 0 Å². The molecule has 2 bridgehead atoms. The molecule has 3 N–H and O–H groups in total. The van der Waals surface area contributed by atoms with Crippen LogP contribution in [0.1, 0.15) is 64.5 Å². The van der Waals surface area contributed by atoms with Crippen molar-refractivity contribution in [1.29, 1.82) is 0 Å². The van der Waals surface area contributed by atoms with E-state index in [0.29, 0.717) is 36.4 Å². The number of primary amides is 1. The Kier molecular flexibility index (Phi) is 6.14. The normalized spacial score (nSPS) is 32.2. The molecule has 2 amide bonds. The number of carbonyl (C=O) groups is 2. The number of methoxy groups -OCH3 is 1. The van der Waals surface area contributed by atoms with Crippen molar-refractivity contribution < 1.29 is 23.8 Å². The lowest BCUT2D eigenvalue weighted by atomic mass is 9.59. The number of nitrogens with two attached hydrogens (primary N) is 1. The molecule has 1 aromatic rings. The van der Waals surface area contributed by atoms with Gasteiger partial charge in [-0.15, -0.1) is 0 Å². The van der Waals surface area contributed by atoms with Gasteiger partial charge in [0, 0.05) is 19.1 Å². The Hall–Kier alpha value is -2.28. The maximum atomic E-state index is 12.6. The van der Waals surface area contributed by atoms with Crippen molar-refractivity contribution in [1.82, 2.24) is 5.32 Å². The first-order chi connectivity index (χ1) is 15.2. The predicted molar refractivity (Wildman–Crippen MR) is 120 cm³/mol. The summed E-state index contributed by atoms with van der Waals surface area (Å²) in [6.07, 6.45) is 4.58. The average Bonchev–Trinajstić information content (AvgIpc) is 3.24. The lowest BCUT2D eigenvalue weighted by molar-refractivity contribution is -0.137. The Labute approximate surface area is 190 Å². The zero-order chi connectivity index (χ0) is 23.1. The number of fused-ring (bicyclic) bond motifs is 1. The van der Waals surface area contributed by atoms with E-state index >= 15 is 0 Å². The SMILES string of the molecule is CCCC(=O)N[C@H]1C(C)(C)[C@@H]2C[C@@H]3[C@@H](c4ccc(OCC(N)=O)c(OC)c4)OCCC31C2. The molecule has 7 nitrogen and oxygen atoms in total. The zero-order valence-corrected chi connectivity index (χ0v) is 19.6. The van der Waals surface area contributed by atoms with E-state index < -0.39 is 5.91 Å². The van der Waals surface area contributed by atoms with E-state index in [1.165, 1.54) is 0 Å². The van der Waals surface area contributed by atoms with Crippen molar-refractivity contribution in [2.24, 2.45) is 28.4 Å². The van der Waals surface area contributed by atoms with Crippen molar-refractivity contribution in [2.75, 3.05) is 20.3 Å². The van der Waals surface area contributed by atoms with Gasteiger partial charge in [0.1, 0.15) is 0 Å². The quantitative estimate of drug-likeness (QED) is 0.640. The summed E-state index contributed by atoms with van der Waals surface area (Å²) in [7, 11) is 1.58. The van der Waals surface area contributed by atoms with Crippen LogP contribution in [-0.2, 0) is 14.3 Å². The molecule has 1 aromatic carbocycles. The lowest BCUT2D eigenvalue weighted by Crippen LogP contribution is -2.58. The maximum Gasteiger partial charge on any atom is 0.255 e. The van der Waals surface area contributed by atoms with Crippen molar-refractivity contribution in [3.8, 4) is 11.5 Å². The number of hydrogen-bond acceptors (Lipinski definition) is 5. The third-order valence-electron chi connectivity index (χ3n) is 8.17. The summed E-state index contributed by atoms with van der Waals surface area (Å²) in [4.78, 5) is 23.7. The Morgan fingerprint density at radius 1 is 1.28 bits per heavy atom. The second-order valence-corrected chi connectivity index (χ2v) is 10.3. The van der Waals surface area contributed by atoms with Gasteiger partial charge in [0.15, 0.2) is 18.1 Å². The first-order valence-corrected chi connectivity index (χ1v) is 11.7. The summed E-state index contributed by atoms with van der Waals surface area (Å²) in [5.74, 6) is 1.57. The van der Waals surface area contributed by atoms with Crippen molar-refractivity contribution >= 4 is 11.8 Å². The van der Waals surface area contributed by atoms with Gasteiger partial charge >= 0.3 is 0 Å². The summed E-state index contributed by atoms with van der Waals surface area (Å²) in [5, 5.41) is 3.44. The highest BCUT2D eigenvalue weighted by Crippen LogP contribution is 2.70. The van der Waals surface area contributed by atoms with Crippen LogP contribution in [0.2, 0.25) is 0 Å². The monoisotopic (exact) mass is 444 g/mol. The number of ether oxygens (including phenoxy) is 3. The van der Waals surface area contributed by atoms with E-state index in [4.69, 9.17) is 19.9 Å². The van der Waals surface area contributed by atoms with Gasteiger partial charge in [-0.3, -0.25) is 9.59 Å². The molecule has 5 atom stereocenters. The molecular weight excluding hydrogens is 408 g/mol. The average molecular weight is 445 g/mol. The van der Waals surface area contributed by atoms with Crippen molar-refractivity contribution in [2.45, 2.75) is 65.0 Å². The Morgan fingerprint density at radius 3 is 2.75 bits per heavy atom. The van der Waals surface area contributed by atoms with E-state index in [1.54, 1.807) is 7.11 Å². The summed E-state index contributed by atoms with van der Waals surface area (Å²) < 4.78 is 17.4. The molecule has 3 aliphatic rings. The Morgan fingerprint density at radius 2 is 2.06 bits per heavy atom. The summed E-state index contributed by atoms with van der Waals surface area (Å²) in [6.45, 7) is 7.15. The van der Waals surface area contributed by atoms with Gasteiger partial charge in [0.25, 0.3) is 5.91 Å². The second kappa shape index (κ2) is 8.58. The minimum absolute atomic E-state index is 0.0505. The molecule has 1 aliphatic heterocycles. The number of amides is 2. The number of nitrogens with one attached hydrogen (secondary N) is 1. The molecule has 1 unspecified atom stereocenters. The van der Waals surface area contributed by atoms with Gasteiger partial charge < -0.3 is 25.3 Å². The topological polar surface area (TPSA) is 99.9 Å². The molecular formula is C25H36N2O5. The van der Waals surface area contributed by atoms with Crippen LogP contribution in [0.5, 0.6) is 11.5 Å². The second-order valence-electron chi connectivity index (χ2n) is 10.3. The van der Waals surface area contributed by atoms with E-state index in [2.05, 4.69) is 19.2 Å². The summed E-state index contributed by atoms with van der Waals surface area (Å²) in [5.41, 5.74) is 6.37. The van der Waals surface area contributed by atoms with Gasteiger partial charge in [-0.1, -0.05) is 26.8 Å². The van der Waals surface area contributed by atoms with Gasteiger partial charge in [-0.25, -0.2) is 0 Å². The standard InChI is InChI=1S/C25H36N2O5/c1-5-6-21(29)27-23-24(2,3)16-12-17-22(31-10-9-25(17,23)13-16)15-7-8-18(19(11-15)30-4)32-14-20(26)28/h7-8,11,16-17,22-23H,5-6,9-10,12-14H2,1-4H3,(H2,26,28)(H,27,29)/t16-,17-,22-,23+,25?/m1/s1. The van der Waals surface area contributed by atoms with Gasteiger partial charge in [-0.2, -0.15) is 0 Å². The number of hydrogen-bond donors (Lipinski definition) is 2. The first kappa shape index (κ1) is 22.9. The van der Waals surface area contributed by atoms with Crippen LogP contribution >= 0.6 is 0 Å². The van der Waals surface area contributed by atoms with Gasteiger partial charge in [0.05, 0.1) is 13.2 Å². The van der Waals surface area contributed by atoms with Gasteiger partial charge in [-0.05, 0) is 66.0 Å². The third-order valence-corrected chi connectivity index (χ3v) is 8.17. The third kappa shape index (κ3) is 3.74. The lowest BCUT2D eigenvalue weighted by Gasteiger charge is -2.53. The Bertz CT molecular complexity index is 885. The largest absolute Gasteiger partial charge is 0.493 e. The fraction of sp³-hybridized carbons (Fsp3) is 0.680. The molecule has 2 saturated carbocycles. The smallest absolute Gasteiger partial charge is 0.255 e. The van der Waals surface area contributed by atoms with E-state index in [1.807, 2.05) is 25.1 Å². The first-order valence-electron chi connectivity index (χ1n) is 11.7. The molecule has 1 saturated heterocycles. The minimum Gasteiger partial charge on any atom is -0.493 e. The highest BCUT2D eigenvalue weighted by Gasteiger charge is 2.68. The highest BCUT2D eigenvalue weighted by atomic mass is 16.5. The summed E-state index contributed by atoms with van der Waals surface area (Å²) in [6, 6.07) is 5.91. The maximum absolute atomic E-state index is 12.6. The molecule has 4 rings (SSSR count). The molecule has 1 spiro atoms. The molecule has 1 heterocycles. The van der Waals surface area contributed by atoms with Crippen LogP contribution in [0.3, 0.4) is 0 Å². The molecule has 3 fully saturated rings. The summed E-state index contributed by atoms with van der Waals surface area (Å²) >= 11 is 0. The number of benzene rings is 1. The fourth-order valence-electron chi connectivity index (χ4n) is 6.71. The molecule has 0 aromatic heterocycles. The van der Waals surface area contributed by atoms with E-state index in [9.17, 15) is 9.59 Å². The van der Waals surface area contributed by atoms with Crippen LogP contribution in [-0.4, -0.2) is 38.2 Å². The molecule has 0 radical (unpaired) electrons. The van der Waals surface area contributed by atoms with Gasteiger partial charge in [0.2, 0.25) is 5.91 Å². The van der Waals surface area contributed by atoms with Crippen LogP contribution in [0.25, 0.3) is 0 Å². The van der Waals surface area contributed by atoms with Crippen LogP contribution in [0, 0.1) is 22.7 Å². The van der Waals surface area contributed by atoms with Crippen molar-refractivity contribution in [3.05, 3.63) is 23.8 Å². The van der Waals surface area contributed by atoms with Crippen LogP contribution in [0.15, 0.2) is 18.2 Å². The number of rotatable bonds is 8. The predicted octanol–water partition coefficient (Wildman–Crippen LogP) is 3.36. The number of carbonyl (C=O) groups excluding carboxylic acids is 2. The van der Waals surface area contributed by atoms with Crippen LogP contribution < -0.4 is 20.5 Å². The van der Waals surface area contributed by atoms with Crippen LogP contribution in [0.4, 0.5) is 0 Å².